The van der Waals surface area contributed by atoms with Crippen LogP contribution >= 0.6 is 11.8 Å². The molecule has 1 saturated heterocycles. The number of hydrogen-bond donors (Lipinski definition) is 1. The first-order valence-corrected chi connectivity index (χ1v) is 12.4. The number of anilines is 1. The van der Waals surface area contributed by atoms with Crippen LogP contribution < -0.4 is 14.5 Å². The number of sulfonamides is 1. The number of aryl methyl sites for hydroxylation is 1. The number of carbonyl (C=O) groups excluding carboxylic acids is 1. The molecule has 1 N–H and O–H groups in total. The molecule has 1 heterocycles. The number of hydrogen-bond acceptors (Lipinski definition) is 6. The van der Waals surface area contributed by atoms with Gasteiger partial charge in [0, 0.05) is 11.5 Å². The Morgan fingerprint density at radius 3 is 2.53 bits per heavy atom. The molecule has 7 nitrogen and oxygen atoms in total. The van der Waals surface area contributed by atoms with Crippen LogP contribution in [0, 0.1) is 13.8 Å². The number of carbonyl (C=O) groups is 1. The van der Waals surface area contributed by atoms with Crippen molar-refractivity contribution in [2.75, 3.05) is 28.6 Å². The number of ether oxygens (including phenoxy) is 1. The largest absolute Gasteiger partial charge is 0.489 e. The maximum absolute atomic E-state index is 12.3. The molecule has 1 aliphatic heterocycles. The highest BCUT2D eigenvalue weighted by molar-refractivity contribution is 8.00. The van der Waals surface area contributed by atoms with E-state index < -0.39 is 15.9 Å². The van der Waals surface area contributed by atoms with Gasteiger partial charge in [-0.25, -0.2) is 13.8 Å². The Morgan fingerprint density at radius 2 is 1.93 bits per heavy atom. The summed E-state index contributed by atoms with van der Waals surface area (Å²) in [4.78, 5) is 12.3. The highest BCUT2D eigenvalue weighted by Gasteiger charge is 2.22. The molecule has 2 aromatic carbocycles. The molecular formula is C21H25N3O4S2. The summed E-state index contributed by atoms with van der Waals surface area (Å²) < 4.78 is 31.4. The molecule has 30 heavy (non-hydrogen) atoms. The first-order valence-electron chi connectivity index (χ1n) is 9.44. The summed E-state index contributed by atoms with van der Waals surface area (Å²) in [6.45, 7) is 3.37. The van der Waals surface area contributed by atoms with Crippen LogP contribution in [-0.4, -0.2) is 50.9 Å². The van der Waals surface area contributed by atoms with Crippen molar-refractivity contribution in [2.45, 2.75) is 20.0 Å². The van der Waals surface area contributed by atoms with Gasteiger partial charge in [-0.1, -0.05) is 12.1 Å². The van der Waals surface area contributed by atoms with Crippen molar-refractivity contribution in [3.8, 4) is 5.75 Å². The van der Waals surface area contributed by atoms with Crippen molar-refractivity contribution in [2.24, 2.45) is 5.10 Å². The lowest BCUT2D eigenvalue weighted by molar-refractivity contribution is -0.119. The topological polar surface area (TPSA) is 88.1 Å². The first-order chi connectivity index (χ1) is 14.2. The molecule has 0 radical (unpaired) electrons. The first kappa shape index (κ1) is 22.2. The Balaban J connectivity index is 1.60. The van der Waals surface area contributed by atoms with E-state index in [2.05, 4.69) is 10.5 Å². The van der Waals surface area contributed by atoms with Crippen LogP contribution in [-0.2, 0) is 14.8 Å². The number of benzene rings is 2. The van der Waals surface area contributed by atoms with E-state index in [-0.39, 0.29) is 12.6 Å². The molecule has 0 aromatic heterocycles. The van der Waals surface area contributed by atoms with Gasteiger partial charge in [0.2, 0.25) is 10.0 Å². The molecule has 0 saturated carbocycles. The molecule has 0 aliphatic carbocycles. The van der Waals surface area contributed by atoms with Gasteiger partial charge in [0.25, 0.3) is 5.91 Å². The van der Waals surface area contributed by atoms with Crippen molar-refractivity contribution in [1.29, 1.82) is 0 Å². The highest BCUT2D eigenvalue weighted by atomic mass is 32.2. The Hall–Kier alpha value is -2.52. The van der Waals surface area contributed by atoms with Crippen LogP contribution in [0.15, 0.2) is 47.6 Å². The van der Waals surface area contributed by atoms with Gasteiger partial charge in [0.1, 0.15) is 18.4 Å². The Bertz CT molecular complexity index is 1030. The van der Waals surface area contributed by atoms with Gasteiger partial charge in [-0.3, -0.25) is 9.10 Å². The van der Waals surface area contributed by atoms with E-state index in [0.29, 0.717) is 5.69 Å². The number of amides is 1. The maximum atomic E-state index is 12.3. The van der Waals surface area contributed by atoms with Gasteiger partial charge in [-0.15, -0.1) is 0 Å². The summed E-state index contributed by atoms with van der Waals surface area (Å²) in [5.41, 5.74) is 5.42. The monoisotopic (exact) mass is 447 g/mol. The van der Waals surface area contributed by atoms with Gasteiger partial charge < -0.3 is 4.74 Å². The number of thioether (sulfide) groups is 1. The minimum absolute atomic E-state index is 0.281. The van der Waals surface area contributed by atoms with Crippen LogP contribution in [0.4, 0.5) is 5.69 Å². The van der Waals surface area contributed by atoms with Gasteiger partial charge in [0.05, 0.1) is 18.2 Å². The predicted molar refractivity (Wildman–Crippen MR) is 122 cm³/mol. The van der Waals surface area contributed by atoms with Crippen molar-refractivity contribution >= 4 is 39.6 Å². The average Bonchev–Trinajstić information content (AvgIpc) is 2.66. The lowest BCUT2D eigenvalue weighted by Gasteiger charge is -2.25. The zero-order chi connectivity index (χ0) is 21.7. The van der Waals surface area contributed by atoms with Crippen LogP contribution in [0.25, 0.3) is 0 Å². The van der Waals surface area contributed by atoms with Gasteiger partial charge in [-0.2, -0.15) is 16.9 Å². The lowest BCUT2D eigenvalue weighted by Crippen LogP contribution is -2.39. The molecule has 0 bridgehead atoms. The smallest absolute Gasteiger partial charge is 0.260 e. The van der Waals surface area contributed by atoms with Crippen LogP contribution in [0.5, 0.6) is 5.75 Å². The van der Waals surface area contributed by atoms with Crippen molar-refractivity contribution < 1.29 is 17.9 Å². The van der Waals surface area contributed by atoms with E-state index >= 15 is 0 Å². The molecule has 0 unspecified atom stereocenters. The normalized spacial score (nSPS) is 14.4. The molecule has 3 rings (SSSR count). The average molecular weight is 448 g/mol. The molecule has 1 aliphatic rings. The molecular weight excluding hydrogens is 422 g/mol. The van der Waals surface area contributed by atoms with Crippen LogP contribution in [0.2, 0.25) is 0 Å². The maximum Gasteiger partial charge on any atom is 0.260 e. The zero-order valence-corrected chi connectivity index (χ0v) is 18.8. The van der Waals surface area contributed by atoms with E-state index in [1.165, 1.54) is 6.21 Å². The number of nitrogens with one attached hydrogen (secondary N) is 1. The van der Waals surface area contributed by atoms with Crippen molar-refractivity contribution in [3.05, 3.63) is 59.2 Å². The fraction of sp³-hybridized carbons (Fsp3) is 0.333. The second-order valence-corrected chi connectivity index (χ2v) is 10.1. The summed E-state index contributed by atoms with van der Waals surface area (Å²) in [5, 5.41) is 3.94. The summed E-state index contributed by atoms with van der Waals surface area (Å²) in [6, 6.07) is 12.8. The second kappa shape index (κ2) is 9.53. The SMILES string of the molecule is Cc1cccc(N(CC(=O)NN=Cc2ccc(OC3CSC3)cc2)S(C)(=O)=O)c1C. The quantitative estimate of drug-likeness (QED) is 0.497. The summed E-state index contributed by atoms with van der Waals surface area (Å²) >= 11 is 1.86. The van der Waals surface area contributed by atoms with Crippen LogP contribution in [0.3, 0.4) is 0 Å². The highest BCUT2D eigenvalue weighted by Crippen LogP contribution is 2.25. The predicted octanol–water partition coefficient (Wildman–Crippen LogP) is 2.71. The third-order valence-electron chi connectivity index (χ3n) is 4.73. The summed E-state index contributed by atoms with van der Waals surface area (Å²) in [6.07, 6.45) is 2.87. The lowest BCUT2D eigenvalue weighted by atomic mass is 10.1. The third kappa shape index (κ3) is 5.76. The molecule has 0 atom stereocenters. The summed E-state index contributed by atoms with van der Waals surface area (Å²) in [5.74, 6) is 2.31. The van der Waals surface area contributed by atoms with E-state index in [0.717, 1.165) is 44.5 Å². The molecule has 2 aromatic rings. The molecule has 1 fully saturated rings. The van der Waals surface area contributed by atoms with Gasteiger partial charge in [0.15, 0.2) is 0 Å². The Morgan fingerprint density at radius 1 is 1.23 bits per heavy atom. The zero-order valence-electron chi connectivity index (χ0n) is 17.2. The number of hydrazone groups is 1. The van der Waals surface area contributed by atoms with E-state index in [1.807, 2.05) is 55.9 Å². The molecule has 0 spiro atoms. The Kier molecular flexibility index (Phi) is 7.04. The fourth-order valence-electron chi connectivity index (χ4n) is 2.84. The van der Waals surface area contributed by atoms with E-state index in [1.54, 1.807) is 12.1 Å². The van der Waals surface area contributed by atoms with Gasteiger partial charge in [-0.05, 0) is 60.9 Å². The number of nitrogens with zero attached hydrogens (tertiary/aromatic N) is 2. The molecule has 9 heteroatoms. The standard InChI is InChI=1S/C21H25N3O4S2/c1-15-5-4-6-20(16(15)2)24(30(3,26)27)12-21(25)23-22-11-17-7-9-18(10-8-17)28-19-13-29-14-19/h4-11,19H,12-14H2,1-3H3,(H,23,25). The van der Waals surface area contributed by atoms with Crippen molar-refractivity contribution in [1.82, 2.24) is 5.43 Å². The van der Waals surface area contributed by atoms with E-state index in [4.69, 9.17) is 4.74 Å². The Labute approximate surface area is 181 Å². The second-order valence-electron chi connectivity index (χ2n) is 7.13. The minimum atomic E-state index is -3.64. The molecule has 160 valence electrons. The van der Waals surface area contributed by atoms with Crippen LogP contribution in [0.1, 0.15) is 16.7 Å². The van der Waals surface area contributed by atoms with Crippen molar-refractivity contribution in [3.63, 3.8) is 0 Å². The third-order valence-corrected chi connectivity index (χ3v) is 7.07. The summed E-state index contributed by atoms with van der Waals surface area (Å²) in [7, 11) is -3.64. The van der Waals surface area contributed by atoms with E-state index in [9.17, 15) is 13.2 Å². The number of rotatable bonds is 8. The fourth-order valence-corrected chi connectivity index (χ4v) is 4.31. The van der Waals surface area contributed by atoms with Gasteiger partial charge >= 0.3 is 0 Å². The minimum Gasteiger partial charge on any atom is -0.489 e. The molecule has 1 amide bonds.